The molecule has 0 unspecified atom stereocenters. The largest absolute Gasteiger partial charge is 0.311 e. The highest BCUT2D eigenvalue weighted by atomic mass is 28.3. The van der Waals surface area contributed by atoms with Gasteiger partial charge in [-0.2, -0.15) is 0 Å². The third kappa shape index (κ3) is 7.10. The van der Waals surface area contributed by atoms with Gasteiger partial charge in [-0.1, -0.05) is 231 Å². The van der Waals surface area contributed by atoms with Crippen molar-refractivity contribution in [2.75, 3.05) is 4.90 Å². The molecule has 1 nitrogen and oxygen atoms in total. The second-order valence-corrected chi connectivity index (χ2v) is 20.3. The van der Waals surface area contributed by atoms with Crippen LogP contribution in [0.5, 0.6) is 0 Å². The van der Waals surface area contributed by atoms with Crippen LogP contribution in [0, 0.1) is 0 Å². The first-order valence-corrected chi connectivity index (χ1v) is 24.1. The summed E-state index contributed by atoms with van der Waals surface area (Å²) in [6.45, 7) is 0. The normalized spacial score (nSPS) is 11.4. The van der Waals surface area contributed by atoms with Crippen LogP contribution in [0.25, 0.3) is 54.9 Å². The standard InChI is InChI=1S/C62H45NSi/c1-5-19-50(20-6-1)62-60-28-16-15-18-48(60)35-44-61(62)49-33-38-54(39-34-49)63(53-36-31-47(32-37-53)52-30-29-46-17-13-14-21-51(46)45-52)55-40-42-59(43-41-55)64(56-22-7-2-8-23-56,57-24-9-3-10-25-57)58-26-11-4-12-27-58/h1-45H. The molecule has 0 aromatic heterocycles. The third-order valence-electron chi connectivity index (χ3n) is 12.8. The fourth-order valence-electron chi connectivity index (χ4n) is 9.76. The molecule has 11 aromatic carbocycles. The fourth-order valence-corrected chi connectivity index (χ4v) is 14.5. The van der Waals surface area contributed by atoms with E-state index in [1.54, 1.807) is 0 Å². The highest BCUT2D eigenvalue weighted by Crippen LogP contribution is 2.41. The Morgan fingerprint density at radius 1 is 0.250 bits per heavy atom. The van der Waals surface area contributed by atoms with Gasteiger partial charge in [0.25, 0.3) is 0 Å². The van der Waals surface area contributed by atoms with E-state index in [2.05, 4.69) is 278 Å². The molecule has 2 heteroatoms. The van der Waals surface area contributed by atoms with Crippen LogP contribution in [0.3, 0.4) is 0 Å². The number of rotatable bonds is 10. The van der Waals surface area contributed by atoms with Gasteiger partial charge in [-0.3, -0.25) is 0 Å². The van der Waals surface area contributed by atoms with Gasteiger partial charge in [0.2, 0.25) is 0 Å². The zero-order chi connectivity index (χ0) is 42.7. The molecule has 0 N–H and O–H groups in total. The van der Waals surface area contributed by atoms with E-state index in [1.165, 1.54) is 75.7 Å². The Hall–Kier alpha value is -8.04. The molecule has 0 amide bonds. The summed E-state index contributed by atoms with van der Waals surface area (Å²) in [6.07, 6.45) is 0. The van der Waals surface area contributed by atoms with Gasteiger partial charge in [0.1, 0.15) is 0 Å². The molecule has 302 valence electrons. The lowest BCUT2D eigenvalue weighted by Crippen LogP contribution is -2.74. The SMILES string of the molecule is c1ccc(-c2c(-c3ccc(N(c4ccc(-c5ccc6ccccc6c5)cc4)c4ccc([Si](c5ccccc5)(c5ccccc5)c5ccccc5)cc4)cc3)ccc3ccccc23)cc1. The van der Waals surface area contributed by atoms with E-state index in [-0.39, 0.29) is 0 Å². The Balaban J connectivity index is 1.05. The molecule has 11 rings (SSSR count). The molecule has 0 bridgehead atoms. The number of hydrogen-bond acceptors (Lipinski definition) is 1. The summed E-state index contributed by atoms with van der Waals surface area (Å²) >= 11 is 0. The summed E-state index contributed by atoms with van der Waals surface area (Å²) in [5.41, 5.74) is 10.6. The summed E-state index contributed by atoms with van der Waals surface area (Å²) in [5, 5.41) is 10.4. The molecule has 64 heavy (non-hydrogen) atoms. The van der Waals surface area contributed by atoms with Gasteiger partial charge in [-0.25, -0.2) is 0 Å². The lowest BCUT2D eigenvalue weighted by atomic mass is 9.90. The van der Waals surface area contributed by atoms with Gasteiger partial charge in [-0.05, 0) is 118 Å². The van der Waals surface area contributed by atoms with E-state index in [9.17, 15) is 0 Å². The quantitative estimate of drug-likeness (QED) is 0.0980. The Bertz CT molecular complexity index is 3230. The van der Waals surface area contributed by atoms with Crippen molar-refractivity contribution in [3.05, 3.63) is 273 Å². The number of fused-ring (bicyclic) bond motifs is 2. The molecule has 0 atom stereocenters. The van der Waals surface area contributed by atoms with Crippen LogP contribution in [-0.2, 0) is 0 Å². The van der Waals surface area contributed by atoms with E-state index in [1.807, 2.05) is 0 Å². The van der Waals surface area contributed by atoms with Crippen molar-refractivity contribution in [3.8, 4) is 33.4 Å². The number of nitrogens with zero attached hydrogens (tertiary/aromatic N) is 1. The molecule has 0 aliphatic heterocycles. The minimum atomic E-state index is -2.70. The molecular formula is C62H45NSi. The van der Waals surface area contributed by atoms with Crippen LogP contribution in [0.2, 0.25) is 0 Å². The topological polar surface area (TPSA) is 3.24 Å². The van der Waals surface area contributed by atoms with Crippen molar-refractivity contribution in [3.63, 3.8) is 0 Å². The van der Waals surface area contributed by atoms with Crippen LogP contribution in [0.1, 0.15) is 0 Å². The van der Waals surface area contributed by atoms with Crippen molar-refractivity contribution >= 4 is 67.4 Å². The maximum atomic E-state index is 2.40. The van der Waals surface area contributed by atoms with Crippen LogP contribution >= 0.6 is 0 Å². The summed E-state index contributed by atoms with van der Waals surface area (Å²) in [4.78, 5) is 2.40. The van der Waals surface area contributed by atoms with E-state index >= 15 is 0 Å². The van der Waals surface area contributed by atoms with E-state index in [4.69, 9.17) is 0 Å². The maximum absolute atomic E-state index is 2.70. The fraction of sp³-hybridized carbons (Fsp3) is 0. The highest BCUT2D eigenvalue weighted by Gasteiger charge is 2.41. The Morgan fingerprint density at radius 2 is 0.656 bits per heavy atom. The second kappa shape index (κ2) is 17.0. The zero-order valence-electron chi connectivity index (χ0n) is 35.4. The summed E-state index contributed by atoms with van der Waals surface area (Å²) in [6, 6.07) is 100. The van der Waals surface area contributed by atoms with Crippen LogP contribution in [0.15, 0.2) is 273 Å². The first-order valence-electron chi connectivity index (χ1n) is 22.1. The number of hydrogen-bond donors (Lipinski definition) is 0. The molecule has 0 heterocycles. The maximum Gasteiger partial charge on any atom is 0.179 e. The van der Waals surface area contributed by atoms with Crippen molar-refractivity contribution in [1.82, 2.24) is 0 Å². The monoisotopic (exact) mass is 831 g/mol. The third-order valence-corrected chi connectivity index (χ3v) is 17.6. The van der Waals surface area contributed by atoms with Gasteiger partial charge in [-0.15, -0.1) is 0 Å². The van der Waals surface area contributed by atoms with Crippen molar-refractivity contribution < 1.29 is 0 Å². The number of anilines is 3. The lowest BCUT2D eigenvalue weighted by molar-refractivity contribution is 1.28. The molecular weight excluding hydrogens is 787 g/mol. The minimum absolute atomic E-state index is 1.09. The minimum Gasteiger partial charge on any atom is -0.311 e. The van der Waals surface area contributed by atoms with Crippen molar-refractivity contribution in [2.24, 2.45) is 0 Å². The van der Waals surface area contributed by atoms with Crippen LogP contribution in [-0.4, -0.2) is 8.07 Å². The van der Waals surface area contributed by atoms with E-state index < -0.39 is 8.07 Å². The molecule has 0 saturated carbocycles. The van der Waals surface area contributed by atoms with Gasteiger partial charge < -0.3 is 4.90 Å². The predicted octanol–water partition coefficient (Wildman–Crippen LogP) is 13.8. The predicted molar refractivity (Wildman–Crippen MR) is 276 cm³/mol. The van der Waals surface area contributed by atoms with Crippen LogP contribution in [0.4, 0.5) is 17.1 Å². The summed E-state index contributed by atoms with van der Waals surface area (Å²) < 4.78 is 0. The molecule has 0 spiro atoms. The molecule has 11 aromatic rings. The number of benzene rings is 11. The highest BCUT2D eigenvalue weighted by molar-refractivity contribution is 7.19. The van der Waals surface area contributed by atoms with Crippen molar-refractivity contribution in [2.45, 2.75) is 0 Å². The molecule has 0 saturated heterocycles. The molecule has 0 aliphatic rings. The summed E-state index contributed by atoms with van der Waals surface area (Å²) in [5.74, 6) is 0. The van der Waals surface area contributed by atoms with Gasteiger partial charge >= 0.3 is 0 Å². The zero-order valence-corrected chi connectivity index (χ0v) is 36.4. The van der Waals surface area contributed by atoms with Crippen molar-refractivity contribution in [1.29, 1.82) is 0 Å². The molecule has 0 radical (unpaired) electrons. The Morgan fingerprint density at radius 3 is 1.22 bits per heavy atom. The van der Waals surface area contributed by atoms with Gasteiger partial charge in [0.15, 0.2) is 8.07 Å². The van der Waals surface area contributed by atoms with E-state index in [0.29, 0.717) is 0 Å². The Kier molecular flexibility index (Phi) is 10.3. The molecule has 0 fully saturated rings. The van der Waals surface area contributed by atoms with Crippen LogP contribution < -0.4 is 25.6 Å². The average molecular weight is 832 g/mol. The lowest BCUT2D eigenvalue weighted by Gasteiger charge is -2.35. The Labute approximate surface area is 376 Å². The van der Waals surface area contributed by atoms with Gasteiger partial charge in [0, 0.05) is 17.1 Å². The average Bonchev–Trinajstić information content (AvgIpc) is 3.38. The first-order chi connectivity index (χ1) is 31.7. The smallest absolute Gasteiger partial charge is 0.179 e. The van der Waals surface area contributed by atoms with E-state index in [0.717, 1.165) is 17.1 Å². The summed E-state index contributed by atoms with van der Waals surface area (Å²) in [7, 11) is -2.70. The molecule has 0 aliphatic carbocycles. The second-order valence-electron chi connectivity index (χ2n) is 16.5. The first kappa shape index (κ1) is 38.8. The van der Waals surface area contributed by atoms with Gasteiger partial charge in [0.05, 0.1) is 0 Å².